The van der Waals surface area contributed by atoms with Crippen molar-refractivity contribution in [3.8, 4) is 0 Å². The monoisotopic (exact) mass is 411 g/mol. The number of aliphatic hydroxyl groups excluding tert-OH is 1. The number of amides is 1. The molecule has 0 spiro atoms. The summed E-state index contributed by atoms with van der Waals surface area (Å²) in [5.74, 6) is -0.126. The smallest absolute Gasteiger partial charge is 0.252 e. The third-order valence-corrected chi connectivity index (χ3v) is 7.69. The van der Waals surface area contributed by atoms with Gasteiger partial charge in [-0.2, -0.15) is 4.31 Å². The maximum absolute atomic E-state index is 12.4. The van der Waals surface area contributed by atoms with Gasteiger partial charge < -0.3 is 15.7 Å². The van der Waals surface area contributed by atoms with Crippen LogP contribution in [0.4, 0.5) is 0 Å². The number of aliphatic hydroxyl groups is 1. The van der Waals surface area contributed by atoms with Gasteiger partial charge in [0.15, 0.2) is 0 Å². The van der Waals surface area contributed by atoms with Gasteiger partial charge in [-0.1, -0.05) is 13.8 Å². The summed E-state index contributed by atoms with van der Waals surface area (Å²) in [6, 6.07) is 3.08. The maximum Gasteiger partial charge on any atom is 0.252 e. The van der Waals surface area contributed by atoms with Crippen LogP contribution in [-0.2, 0) is 21.2 Å². The van der Waals surface area contributed by atoms with Gasteiger partial charge in [-0.25, -0.2) is 8.42 Å². The highest BCUT2D eigenvalue weighted by molar-refractivity contribution is 7.91. The van der Waals surface area contributed by atoms with Crippen LogP contribution < -0.4 is 10.6 Å². The Bertz CT molecular complexity index is 661. The van der Waals surface area contributed by atoms with Gasteiger partial charge in [-0.05, 0) is 25.0 Å². The summed E-state index contributed by atoms with van der Waals surface area (Å²) in [5.41, 5.74) is 0. The van der Waals surface area contributed by atoms with Gasteiger partial charge in [0.1, 0.15) is 4.21 Å². The lowest BCUT2D eigenvalue weighted by Gasteiger charge is -2.16. The molecule has 10 heteroatoms. The van der Waals surface area contributed by atoms with E-state index in [4.69, 9.17) is 0 Å². The van der Waals surface area contributed by atoms with Crippen molar-refractivity contribution < 1.29 is 18.3 Å². The Kier molecular flexibility index (Phi) is 8.79. The summed E-state index contributed by atoms with van der Waals surface area (Å²) < 4.78 is 26.6. The number of nitrogens with zero attached hydrogens (tertiary/aromatic N) is 1. The van der Waals surface area contributed by atoms with Crippen LogP contribution in [0.1, 0.15) is 25.1 Å². The number of hydrogen-bond donors (Lipinski definition) is 3. The van der Waals surface area contributed by atoms with Gasteiger partial charge >= 0.3 is 0 Å². The maximum atomic E-state index is 12.4. The first-order valence-electron chi connectivity index (χ1n) is 8.16. The lowest BCUT2D eigenvalue weighted by molar-refractivity contribution is -0.122. The zero-order valence-electron chi connectivity index (χ0n) is 14.4. The third-order valence-electron chi connectivity index (χ3n) is 4.03. The lowest BCUT2D eigenvalue weighted by Crippen LogP contribution is -2.41. The van der Waals surface area contributed by atoms with E-state index in [0.29, 0.717) is 43.2 Å². The quantitative estimate of drug-likeness (QED) is 0.581. The second-order valence-corrected chi connectivity index (χ2v) is 9.03. The number of carbonyl (C=O) groups excluding carboxylic acids is 1. The average molecular weight is 412 g/mol. The van der Waals surface area contributed by atoms with Crippen molar-refractivity contribution >= 4 is 39.7 Å². The molecule has 2 heterocycles. The van der Waals surface area contributed by atoms with Gasteiger partial charge in [0.25, 0.3) is 10.0 Å². The Balaban J connectivity index is 0.00000312. The molecule has 1 amide bonds. The van der Waals surface area contributed by atoms with E-state index in [-0.39, 0.29) is 24.4 Å². The third kappa shape index (κ3) is 5.63. The van der Waals surface area contributed by atoms with Crippen molar-refractivity contribution in [2.45, 2.75) is 43.0 Å². The molecule has 0 saturated carbocycles. The van der Waals surface area contributed by atoms with Crippen molar-refractivity contribution in [3.05, 3.63) is 17.0 Å². The molecule has 7 nitrogen and oxygen atoms in total. The minimum atomic E-state index is -3.41. The lowest BCUT2D eigenvalue weighted by atomic mass is 10.2. The molecule has 2 atom stereocenters. The van der Waals surface area contributed by atoms with Crippen LogP contribution in [0.5, 0.6) is 0 Å². The van der Waals surface area contributed by atoms with E-state index in [1.807, 2.05) is 13.8 Å². The molecule has 2 rings (SSSR count). The van der Waals surface area contributed by atoms with Gasteiger partial charge in [0.2, 0.25) is 5.91 Å². The number of β-amino-alcohol motifs (C(OH)–C–C–N with tert-alkyl or cyclic N) is 1. The van der Waals surface area contributed by atoms with Crippen molar-refractivity contribution in [2.75, 3.05) is 26.2 Å². The van der Waals surface area contributed by atoms with Gasteiger partial charge in [-0.15, -0.1) is 23.7 Å². The van der Waals surface area contributed by atoms with E-state index in [2.05, 4.69) is 10.6 Å². The molecule has 144 valence electrons. The highest BCUT2D eigenvalue weighted by Gasteiger charge is 2.27. The SMILES string of the molecule is CCN(CC)S(=O)(=O)c1ccc(CCNC(=O)C2CC(O)CN2)s1.Cl. The Morgan fingerprint density at radius 1 is 1.40 bits per heavy atom. The number of rotatable bonds is 8. The number of halogens is 1. The van der Waals surface area contributed by atoms with Crippen LogP contribution in [0, 0.1) is 0 Å². The molecule has 1 aromatic heterocycles. The molecule has 0 radical (unpaired) electrons. The summed E-state index contributed by atoms with van der Waals surface area (Å²) in [4.78, 5) is 12.8. The first-order chi connectivity index (χ1) is 11.4. The molecule has 2 unspecified atom stereocenters. The molecule has 0 bridgehead atoms. The number of sulfonamides is 1. The van der Waals surface area contributed by atoms with Crippen LogP contribution >= 0.6 is 23.7 Å². The fraction of sp³-hybridized carbons (Fsp3) is 0.667. The van der Waals surface area contributed by atoms with Gasteiger partial charge in [0.05, 0.1) is 12.1 Å². The Morgan fingerprint density at radius 2 is 2.08 bits per heavy atom. The number of nitrogens with one attached hydrogen (secondary N) is 2. The molecule has 0 aliphatic carbocycles. The second-order valence-electron chi connectivity index (χ2n) is 5.70. The van der Waals surface area contributed by atoms with Crippen LogP contribution in [0.25, 0.3) is 0 Å². The molecule has 1 saturated heterocycles. The minimum Gasteiger partial charge on any atom is -0.392 e. The highest BCUT2D eigenvalue weighted by Crippen LogP contribution is 2.25. The fourth-order valence-electron chi connectivity index (χ4n) is 2.67. The zero-order chi connectivity index (χ0) is 17.7. The van der Waals surface area contributed by atoms with Crippen molar-refractivity contribution in [3.63, 3.8) is 0 Å². The van der Waals surface area contributed by atoms with Crippen molar-refractivity contribution in [1.82, 2.24) is 14.9 Å². The number of carbonyl (C=O) groups is 1. The Morgan fingerprint density at radius 3 is 2.64 bits per heavy atom. The number of thiophene rings is 1. The van der Waals surface area contributed by atoms with Gasteiger partial charge in [0, 0.05) is 31.1 Å². The molecule has 0 aromatic carbocycles. The van der Waals surface area contributed by atoms with Gasteiger partial charge in [-0.3, -0.25) is 4.79 Å². The summed E-state index contributed by atoms with van der Waals surface area (Å²) in [7, 11) is -3.41. The molecule has 1 aliphatic heterocycles. The second kappa shape index (κ2) is 9.84. The van der Waals surface area contributed by atoms with E-state index >= 15 is 0 Å². The van der Waals surface area contributed by atoms with Crippen molar-refractivity contribution in [2.24, 2.45) is 0 Å². The topological polar surface area (TPSA) is 98.7 Å². The minimum absolute atomic E-state index is 0. The fourth-order valence-corrected chi connectivity index (χ4v) is 5.64. The average Bonchev–Trinajstić information content (AvgIpc) is 3.17. The first kappa shape index (κ1) is 22.3. The summed E-state index contributed by atoms with van der Waals surface area (Å²) in [6.45, 7) is 5.41. The normalized spacial score (nSPS) is 20.5. The molecular weight excluding hydrogens is 386 g/mol. The number of hydrogen-bond acceptors (Lipinski definition) is 6. The van der Waals surface area contributed by atoms with Crippen LogP contribution in [0.15, 0.2) is 16.3 Å². The van der Waals surface area contributed by atoms with E-state index in [1.54, 1.807) is 12.1 Å². The van der Waals surface area contributed by atoms with Crippen LogP contribution in [-0.4, -0.2) is 62.1 Å². The largest absolute Gasteiger partial charge is 0.392 e. The predicted molar refractivity (Wildman–Crippen MR) is 101 cm³/mol. The van der Waals surface area contributed by atoms with Crippen LogP contribution in [0.2, 0.25) is 0 Å². The zero-order valence-corrected chi connectivity index (χ0v) is 16.8. The van der Waals surface area contributed by atoms with Crippen molar-refractivity contribution in [1.29, 1.82) is 0 Å². The summed E-state index contributed by atoms with van der Waals surface area (Å²) in [5, 5.41) is 15.2. The molecule has 1 fully saturated rings. The molecule has 3 N–H and O–H groups in total. The van der Waals surface area contributed by atoms with E-state index in [0.717, 1.165) is 4.88 Å². The summed E-state index contributed by atoms with van der Waals surface area (Å²) >= 11 is 1.25. The standard InChI is InChI=1S/C15H25N3O4S2.ClH/c1-3-18(4-2)24(21,22)14-6-5-12(23-14)7-8-16-15(20)13-9-11(19)10-17-13;/h5-6,11,13,17,19H,3-4,7-10H2,1-2H3,(H,16,20);1H. The predicted octanol–water partition coefficient (Wildman–Crippen LogP) is 0.582. The Labute approximate surface area is 159 Å². The molecule has 1 aromatic rings. The molecule has 25 heavy (non-hydrogen) atoms. The van der Waals surface area contributed by atoms with E-state index < -0.39 is 16.1 Å². The Hall–Kier alpha value is -0.710. The van der Waals surface area contributed by atoms with E-state index in [1.165, 1.54) is 15.6 Å². The first-order valence-corrected chi connectivity index (χ1v) is 10.4. The highest BCUT2D eigenvalue weighted by atomic mass is 35.5. The van der Waals surface area contributed by atoms with E-state index in [9.17, 15) is 18.3 Å². The molecular formula is C15H26ClN3O4S2. The molecule has 1 aliphatic rings. The summed E-state index contributed by atoms with van der Waals surface area (Å²) in [6.07, 6.45) is 0.544. The van der Waals surface area contributed by atoms with Crippen LogP contribution in [0.3, 0.4) is 0 Å².